The van der Waals surface area contributed by atoms with Gasteiger partial charge in [-0.15, -0.1) is 24.0 Å². The molecule has 1 aliphatic rings. The second-order valence-electron chi connectivity index (χ2n) is 7.37. The molecule has 2 N–H and O–H groups in total. The number of fused-ring (bicyclic) bond motifs is 1. The van der Waals surface area contributed by atoms with Gasteiger partial charge in [0.15, 0.2) is 17.5 Å². The van der Waals surface area contributed by atoms with Crippen LogP contribution in [0.1, 0.15) is 25.0 Å². The number of hydrogen-bond acceptors (Lipinski definition) is 4. The predicted molar refractivity (Wildman–Crippen MR) is 127 cm³/mol. The summed E-state index contributed by atoms with van der Waals surface area (Å²) in [5, 5.41) is 6.77. The average molecular weight is 511 g/mol. The summed E-state index contributed by atoms with van der Waals surface area (Å²) in [4.78, 5) is 4.33. The van der Waals surface area contributed by atoms with E-state index in [2.05, 4.69) is 47.7 Å². The highest BCUT2D eigenvalue weighted by molar-refractivity contribution is 14.0. The molecular weight excluding hydrogens is 481 g/mol. The summed E-state index contributed by atoms with van der Waals surface area (Å²) in [6.07, 6.45) is 0. The van der Waals surface area contributed by atoms with Crippen LogP contribution in [-0.2, 0) is 12.0 Å². The van der Waals surface area contributed by atoms with Crippen LogP contribution in [0.2, 0.25) is 0 Å². The zero-order valence-corrected chi connectivity index (χ0v) is 19.8. The maximum absolute atomic E-state index is 5.72. The Kier molecular flexibility index (Phi) is 8.43. The van der Waals surface area contributed by atoms with Crippen LogP contribution in [0.25, 0.3) is 0 Å². The Labute approximate surface area is 190 Å². The molecule has 3 rings (SSSR count). The SMILES string of the molecule is CN=C(NCc1cccc(OC)c1)NCC(C)(C)c1ccc2c(c1)OCCO2.I. The fourth-order valence-corrected chi connectivity index (χ4v) is 3.06. The molecule has 29 heavy (non-hydrogen) atoms. The van der Waals surface area contributed by atoms with Crippen molar-refractivity contribution in [1.29, 1.82) is 0 Å². The van der Waals surface area contributed by atoms with Gasteiger partial charge in [0.05, 0.1) is 7.11 Å². The Morgan fingerprint density at radius 2 is 1.83 bits per heavy atom. The Balaban J connectivity index is 0.00000300. The first kappa shape index (κ1) is 23.1. The fraction of sp³-hybridized carbons (Fsp3) is 0.409. The topological polar surface area (TPSA) is 64.1 Å². The van der Waals surface area contributed by atoms with Crippen LogP contribution >= 0.6 is 24.0 Å². The number of nitrogens with one attached hydrogen (secondary N) is 2. The van der Waals surface area contributed by atoms with Gasteiger partial charge in [-0.2, -0.15) is 0 Å². The van der Waals surface area contributed by atoms with Gasteiger partial charge < -0.3 is 24.8 Å². The largest absolute Gasteiger partial charge is 0.497 e. The minimum absolute atomic E-state index is 0. The smallest absolute Gasteiger partial charge is 0.191 e. The Morgan fingerprint density at radius 1 is 1.07 bits per heavy atom. The lowest BCUT2D eigenvalue weighted by Gasteiger charge is -2.28. The molecule has 7 heteroatoms. The molecule has 1 heterocycles. The first-order valence-electron chi connectivity index (χ1n) is 9.49. The molecule has 0 spiro atoms. The van der Waals surface area contributed by atoms with Gasteiger partial charge in [0, 0.05) is 25.6 Å². The van der Waals surface area contributed by atoms with Gasteiger partial charge in [-0.05, 0) is 35.4 Å². The van der Waals surface area contributed by atoms with Crippen LogP contribution in [0, 0.1) is 0 Å². The van der Waals surface area contributed by atoms with Gasteiger partial charge in [-0.3, -0.25) is 4.99 Å². The van der Waals surface area contributed by atoms with Crippen molar-refractivity contribution in [2.45, 2.75) is 25.8 Å². The third-order valence-electron chi connectivity index (χ3n) is 4.84. The Bertz CT molecular complexity index is 840. The van der Waals surface area contributed by atoms with Crippen molar-refractivity contribution in [3.05, 3.63) is 53.6 Å². The van der Waals surface area contributed by atoms with E-state index in [9.17, 15) is 0 Å². The van der Waals surface area contributed by atoms with Crippen LogP contribution in [-0.4, -0.2) is 39.9 Å². The molecule has 0 unspecified atom stereocenters. The molecule has 0 aliphatic carbocycles. The monoisotopic (exact) mass is 511 g/mol. The van der Waals surface area contributed by atoms with Gasteiger partial charge in [-0.1, -0.05) is 32.0 Å². The van der Waals surface area contributed by atoms with Crippen LogP contribution < -0.4 is 24.8 Å². The van der Waals surface area contributed by atoms with Crippen molar-refractivity contribution >= 4 is 29.9 Å². The van der Waals surface area contributed by atoms with Crippen LogP contribution in [0.3, 0.4) is 0 Å². The summed E-state index contributed by atoms with van der Waals surface area (Å²) in [5.74, 6) is 3.24. The normalized spacial score (nSPS) is 13.3. The van der Waals surface area contributed by atoms with E-state index in [1.165, 1.54) is 5.56 Å². The molecule has 0 saturated heterocycles. The van der Waals surface area contributed by atoms with Crippen molar-refractivity contribution in [2.75, 3.05) is 33.9 Å². The van der Waals surface area contributed by atoms with Crippen molar-refractivity contribution in [1.82, 2.24) is 10.6 Å². The van der Waals surface area contributed by atoms with Gasteiger partial charge in [-0.25, -0.2) is 0 Å². The van der Waals surface area contributed by atoms with E-state index in [1.807, 2.05) is 24.3 Å². The number of benzene rings is 2. The third kappa shape index (κ3) is 6.16. The zero-order valence-electron chi connectivity index (χ0n) is 17.5. The van der Waals surface area contributed by atoms with E-state index in [0.29, 0.717) is 19.8 Å². The molecular formula is C22H30IN3O3. The van der Waals surface area contributed by atoms with E-state index in [-0.39, 0.29) is 29.4 Å². The average Bonchev–Trinajstić information content (AvgIpc) is 2.73. The number of ether oxygens (including phenoxy) is 3. The third-order valence-corrected chi connectivity index (χ3v) is 4.84. The quantitative estimate of drug-likeness (QED) is 0.352. The van der Waals surface area contributed by atoms with Crippen molar-refractivity contribution in [3.8, 4) is 17.2 Å². The molecule has 2 aromatic rings. The van der Waals surface area contributed by atoms with Crippen LogP contribution in [0.5, 0.6) is 17.2 Å². The highest BCUT2D eigenvalue weighted by atomic mass is 127. The first-order valence-corrected chi connectivity index (χ1v) is 9.49. The maximum atomic E-state index is 5.72. The van der Waals surface area contributed by atoms with E-state index in [0.717, 1.165) is 35.3 Å². The molecule has 0 bridgehead atoms. The summed E-state index contributed by atoms with van der Waals surface area (Å²) < 4.78 is 16.6. The number of hydrogen-bond donors (Lipinski definition) is 2. The summed E-state index contributed by atoms with van der Waals surface area (Å²) in [7, 11) is 3.45. The van der Waals surface area contributed by atoms with E-state index >= 15 is 0 Å². The van der Waals surface area contributed by atoms with Gasteiger partial charge in [0.25, 0.3) is 0 Å². The summed E-state index contributed by atoms with van der Waals surface area (Å²) in [6, 6.07) is 14.1. The minimum Gasteiger partial charge on any atom is -0.497 e. The van der Waals surface area contributed by atoms with Crippen LogP contribution in [0.15, 0.2) is 47.5 Å². The minimum atomic E-state index is -0.108. The molecule has 0 aromatic heterocycles. The fourth-order valence-electron chi connectivity index (χ4n) is 3.06. The zero-order chi connectivity index (χ0) is 20.0. The highest BCUT2D eigenvalue weighted by Crippen LogP contribution is 2.34. The molecule has 0 radical (unpaired) electrons. The standard InChI is InChI=1S/C22H29N3O3.HI/c1-22(2,17-8-9-19-20(13-17)28-11-10-27-19)15-25-21(23-3)24-14-16-6-5-7-18(12-16)26-4;/h5-9,12-13H,10-11,14-15H2,1-4H3,(H2,23,24,25);1H. The number of rotatable bonds is 6. The number of halogens is 1. The van der Waals surface area contributed by atoms with Gasteiger partial charge in [0.2, 0.25) is 0 Å². The highest BCUT2D eigenvalue weighted by Gasteiger charge is 2.23. The molecule has 1 aliphatic heterocycles. The summed E-state index contributed by atoms with van der Waals surface area (Å²) in [6.45, 7) is 6.98. The lowest BCUT2D eigenvalue weighted by Crippen LogP contribution is -2.43. The molecule has 0 saturated carbocycles. The molecule has 0 fully saturated rings. The molecule has 6 nitrogen and oxygen atoms in total. The molecule has 0 atom stereocenters. The van der Waals surface area contributed by atoms with Crippen LogP contribution in [0.4, 0.5) is 0 Å². The Morgan fingerprint density at radius 3 is 2.55 bits per heavy atom. The van der Waals surface area contributed by atoms with Gasteiger partial charge >= 0.3 is 0 Å². The van der Waals surface area contributed by atoms with Crippen molar-refractivity contribution in [3.63, 3.8) is 0 Å². The van der Waals surface area contributed by atoms with E-state index in [1.54, 1.807) is 14.2 Å². The van der Waals surface area contributed by atoms with Crippen molar-refractivity contribution < 1.29 is 14.2 Å². The van der Waals surface area contributed by atoms with E-state index < -0.39 is 0 Å². The number of aliphatic imine (C=N–C) groups is 1. The second-order valence-corrected chi connectivity index (χ2v) is 7.37. The molecule has 158 valence electrons. The number of methoxy groups -OCH3 is 1. The number of nitrogens with zero attached hydrogens (tertiary/aromatic N) is 1. The lowest BCUT2D eigenvalue weighted by molar-refractivity contribution is 0.171. The van der Waals surface area contributed by atoms with Crippen molar-refractivity contribution in [2.24, 2.45) is 4.99 Å². The second kappa shape index (κ2) is 10.6. The predicted octanol–water partition coefficient (Wildman–Crippen LogP) is 3.73. The molecule has 0 amide bonds. The number of guanidine groups is 1. The summed E-state index contributed by atoms with van der Waals surface area (Å²) in [5.41, 5.74) is 2.21. The molecule has 2 aromatic carbocycles. The lowest BCUT2D eigenvalue weighted by atomic mass is 9.84. The summed E-state index contributed by atoms with van der Waals surface area (Å²) >= 11 is 0. The van der Waals surface area contributed by atoms with Gasteiger partial charge in [0.1, 0.15) is 19.0 Å². The first-order chi connectivity index (χ1) is 13.5. The maximum Gasteiger partial charge on any atom is 0.191 e. The van der Waals surface area contributed by atoms with E-state index in [4.69, 9.17) is 14.2 Å². The Hall–Kier alpha value is -2.16.